The Labute approximate surface area is 216 Å². The maximum absolute atomic E-state index is 13.5. The zero-order valence-electron chi connectivity index (χ0n) is 19.3. The maximum atomic E-state index is 13.5. The van der Waals surface area contributed by atoms with Crippen LogP contribution in [0.3, 0.4) is 0 Å². The summed E-state index contributed by atoms with van der Waals surface area (Å²) in [6.45, 7) is 3.66. The average Bonchev–Trinajstić information content (AvgIpc) is 3.15. The largest absolute Gasteiger partial charge is 0.395 e. The molecule has 2 fully saturated rings. The zero-order valence-corrected chi connectivity index (χ0v) is 21.0. The van der Waals surface area contributed by atoms with Gasteiger partial charge in [-0.25, -0.2) is 9.37 Å². The van der Waals surface area contributed by atoms with E-state index in [1.165, 1.54) is 21.4 Å². The molecule has 2 saturated heterocycles. The lowest BCUT2D eigenvalue weighted by Gasteiger charge is -2.35. The highest BCUT2D eigenvalue weighted by molar-refractivity contribution is 8.26. The number of aromatic nitrogens is 2. The molecule has 0 radical (unpaired) electrons. The van der Waals surface area contributed by atoms with Gasteiger partial charge in [0.1, 0.15) is 21.6 Å². The summed E-state index contributed by atoms with van der Waals surface area (Å²) in [5.74, 6) is -0.123. The lowest BCUT2D eigenvalue weighted by Crippen LogP contribution is -2.48. The van der Waals surface area contributed by atoms with E-state index in [1.807, 2.05) is 11.0 Å². The SMILES string of the molecule is O=C1/C(=C\c2c(N3CCN(CCO)CC3)nc3ccccn3c2=O)SC(=S)N1Cc1ccc(F)cc1. The van der Waals surface area contributed by atoms with Gasteiger partial charge >= 0.3 is 0 Å². The number of carbonyl (C=O) groups is 1. The summed E-state index contributed by atoms with van der Waals surface area (Å²) in [5.41, 5.74) is 1.34. The Kier molecular flexibility index (Phi) is 7.15. The molecule has 3 aromatic rings. The lowest BCUT2D eigenvalue weighted by molar-refractivity contribution is -0.122. The number of aliphatic hydroxyl groups excluding tert-OH is 1. The first-order valence-corrected chi connectivity index (χ1v) is 12.8. The van der Waals surface area contributed by atoms with E-state index < -0.39 is 0 Å². The molecule has 8 nitrogen and oxygen atoms in total. The number of piperazine rings is 1. The number of pyridine rings is 1. The topological polar surface area (TPSA) is 81.4 Å². The van der Waals surface area contributed by atoms with E-state index in [-0.39, 0.29) is 30.4 Å². The minimum Gasteiger partial charge on any atom is -0.395 e. The van der Waals surface area contributed by atoms with Crippen LogP contribution in [0.4, 0.5) is 10.2 Å². The van der Waals surface area contributed by atoms with Crippen molar-refractivity contribution in [3.8, 4) is 0 Å². The molecule has 2 aliphatic rings. The van der Waals surface area contributed by atoms with E-state index in [1.54, 1.807) is 36.5 Å². The minimum absolute atomic E-state index is 0.0978. The van der Waals surface area contributed by atoms with E-state index in [0.717, 1.165) is 30.4 Å². The first-order valence-electron chi connectivity index (χ1n) is 11.5. The third-order valence-electron chi connectivity index (χ3n) is 6.24. The van der Waals surface area contributed by atoms with Gasteiger partial charge < -0.3 is 10.0 Å². The molecule has 0 aliphatic carbocycles. The van der Waals surface area contributed by atoms with Crippen LogP contribution in [0.1, 0.15) is 11.1 Å². The van der Waals surface area contributed by atoms with Gasteiger partial charge in [0.15, 0.2) is 0 Å². The Balaban J connectivity index is 1.50. The first-order chi connectivity index (χ1) is 17.4. The van der Waals surface area contributed by atoms with Gasteiger partial charge in [-0.2, -0.15) is 0 Å². The number of thioether (sulfide) groups is 1. The predicted octanol–water partition coefficient (Wildman–Crippen LogP) is 2.35. The van der Waals surface area contributed by atoms with Gasteiger partial charge in [0.2, 0.25) is 0 Å². The Hall–Kier alpha value is -3.12. The highest BCUT2D eigenvalue weighted by Gasteiger charge is 2.33. The van der Waals surface area contributed by atoms with Crippen LogP contribution in [0.15, 0.2) is 58.4 Å². The second-order valence-electron chi connectivity index (χ2n) is 8.53. The van der Waals surface area contributed by atoms with Gasteiger partial charge in [0.25, 0.3) is 11.5 Å². The third kappa shape index (κ3) is 4.92. The van der Waals surface area contributed by atoms with Gasteiger partial charge in [0.05, 0.1) is 23.6 Å². The monoisotopic (exact) mass is 525 g/mol. The molecule has 1 N–H and O–H groups in total. The Morgan fingerprint density at radius 3 is 2.56 bits per heavy atom. The van der Waals surface area contributed by atoms with Crippen molar-refractivity contribution in [1.82, 2.24) is 19.2 Å². The van der Waals surface area contributed by atoms with Crippen LogP contribution in [0.5, 0.6) is 0 Å². The fraction of sp³-hybridized carbons (Fsp3) is 0.280. The van der Waals surface area contributed by atoms with Gasteiger partial charge in [0, 0.05) is 38.9 Å². The molecule has 36 heavy (non-hydrogen) atoms. The van der Waals surface area contributed by atoms with E-state index in [9.17, 15) is 19.1 Å². The number of anilines is 1. The third-order valence-corrected chi connectivity index (χ3v) is 7.62. The smallest absolute Gasteiger partial charge is 0.267 e. The zero-order chi connectivity index (χ0) is 25.2. The van der Waals surface area contributed by atoms with E-state index in [4.69, 9.17) is 17.2 Å². The van der Waals surface area contributed by atoms with Gasteiger partial charge in [-0.15, -0.1) is 0 Å². The number of halogens is 1. The molecular weight excluding hydrogens is 501 g/mol. The fourth-order valence-electron chi connectivity index (χ4n) is 4.32. The molecule has 2 aliphatic heterocycles. The highest BCUT2D eigenvalue weighted by Crippen LogP contribution is 2.34. The number of hydrogen-bond donors (Lipinski definition) is 1. The normalized spacial score (nSPS) is 18.1. The summed E-state index contributed by atoms with van der Waals surface area (Å²) in [6.07, 6.45) is 3.25. The van der Waals surface area contributed by atoms with Crippen LogP contribution in [-0.4, -0.2) is 73.8 Å². The molecule has 11 heteroatoms. The molecule has 5 rings (SSSR count). The minimum atomic E-state index is -0.349. The first kappa shape index (κ1) is 24.6. The second-order valence-corrected chi connectivity index (χ2v) is 10.2. The van der Waals surface area contributed by atoms with Crippen LogP contribution in [0.2, 0.25) is 0 Å². The number of hydrogen-bond acceptors (Lipinski definition) is 8. The van der Waals surface area contributed by atoms with E-state index in [0.29, 0.717) is 45.9 Å². The Morgan fingerprint density at radius 1 is 1.08 bits per heavy atom. The number of β-amino-alcohol motifs (C(OH)–C–C–N with tert-alkyl or cyclic N) is 1. The van der Waals surface area contributed by atoms with Crippen LogP contribution < -0.4 is 10.5 Å². The molecular formula is C25H24FN5O3S2. The number of amides is 1. The quantitative estimate of drug-likeness (QED) is 0.388. The number of rotatable bonds is 6. The van der Waals surface area contributed by atoms with Crippen molar-refractivity contribution in [2.24, 2.45) is 0 Å². The molecule has 1 amide bonds. The number of aliphatic hydroxyl groups is 1. The molecule has 0 atom stereocenters. The van der Waals surface area contributed by atoms with Crippen LogP contribution in [-0.2, 0) is 11.3 Å². The van der Waals surface area contributed by atoms with Gasteiger partial charge in [-0.3, -0.25) is 23.8 Å². The van der Waals surface area contributed by atoms with Crippen molar-refractivity contribution in [2.45, 2.75) is 6.54 Å². The molecule has 0 saturated carbocycles. The van der Waals surface area contributed by atoms with Crippen molar-refractivity contribution < 1.29 is 14.3 Å². The van der Waals surface area contributed by atoms with Gasteiger partial charge in [-0.1, -0.05) is 42.2 Å². The fourth-order valence-corrected chi connectivity index (χ4v) is 5.56. The lowest BCUT2D eigenvalue weighted by atomic mass is 10.2. The summed E-state index contributed by atoms with van der Waals surface area (Å²) >= 11 is 6.60. The average molecular weight is 526 g/mol. The predicted molar refractivity (Wildman–Crippen MR) is 142 cm³/mol. The van der Waals surface area contributed by atoms with E-state index in [2.05, 4.69) is 4.90 Å². The molecule has 2 aromatic heterocycles. The maximum Gasteiger partial charge on any atom is 0.267 e. The number of carbonyl (C=O) groups excluding carboxylic acids is 1. The summed E-state index contributed by atoms with van der Waals surface area (Å²) in [4.78, 5) is 37.6. The summed E-state index contributed by atoms with van der Waals surface area (Å²) in [5, 5.41) is 9.25. The number of nitrogens with zero attached hydrogens (tertiary/aromatic N) is 5. The van der Waals surface area contributed by atoms with Crippen molar-refractivity contribution >= 4 is 51.7 Å². The molecule has 0 bridgehead atoms. The molecule has 4 heterocycles. The van der Waals surface area contributed by atoms with Crippen LogP contribution >= 0.6 is 24.0 Å². The number of benzene rings is 1. The van der Waals surface area contributed by atoms with Crippen molar-refractivity contribution in [3.05, 3.63) is 80.9 Å². The molecule has 186 valence electrons. The summed E-state index contributed by atoms with van der Waals surface area (Å²) in [7, 11) is 0. The van der Waals surface area contributed by atoms with Crippen molar-refractivity contribution in [2.75, 3.05) is 44.2 Å². The Bertz CT molecular complexity index is 1400. The highest BCUT2D eigenvalue weighted by atomic mass is 32.2. The number of fused-ring (bicyclic) bond motifs is 1. The van der Waals surface area contributed by atoms with Gasteiger partial charge in [-0.05, 0) is 35.9 Å². The van der Waals surface area contributed by atoms with Crippen molar-refractivity contribution in [3.63, 3.8) is 0 Å². The summed E-state index contributed by atoms with van der Waals surface area (Å²) < 4.78 is 15.1. The molecule has 0 spiro atoms. The summed E-state index contributed by atoms with van der Waals surface area (Å²) in [6, 6.07) is 11.3. The Morgan fingerprint density at radius 2 is 1.83 bits per heavy atom. The second kappa shape index (κ2) is 10.5. The molecule has 0 unspecified atom stereocenters. The number of thiocarbonyl (C=S) groups is 1. The van der Waals surface area contributed by atoms with Crippen molar-refractivity contribution in [1.29, 1.82) is 0 Å². The standard InChI is InChI=1S/C25H24FN5O3S2/c26-18-6-4-17(5-7-18)16-31-24(34)20(36-25(31)35)15-19-22(29-11-9-28(10-12-29)13-14-32)27-21-3-1-2-8-30(21)23(19)33/h1-8,15,32H,9-14,16H2/b20-15+. The van der Waals surface area contributed by atoms with E-state index >= 15 is 0 Å². The van der Waals surface area contributed by atoms with Crippen LogP contribution in [0.25, 0.3) is 11.7 Å². The molecule has 1 aromatic carbocycles. The van der Waals surface area contributed by atoms with Crippen LogP contribution in [0, 0.1) is 5.82 Å².